The largest absolute Gasteiger partial charge is 0.326 e. The molecule has 0 aliphatic rings. The Bertz CT molecular complexity index is 531. The molecule has 0 aliphatic carbocycles. The molecule has 2 aromatic rings. The minimum absolute atomic E-state index is 0.248. The Balaban J connectivity index is 2.30. The Kier molecular flexibility index (Phi) is 4.20. The van der Waals surface area contributed by atoms with E-state index in [0.29, 0.717) is 6.54 Å². The standard InChI is InChI=1S/C13H11BrFNS/c14-12-3-1-2-4-13(12)17-11-6-9(8-16)5-10(15)7-11/h1-7H,8,16H2. The average Bonchev–Trinajstić information content (AvgIpc) is 2.31. The molecular formula is C13H11BrFNS. The summed E-state index contributed by atoms with van der Waals surface area (Å²) in [4.78, 5) is 1.92. The van der Waals surface area contributed by atoms with Gasteiger partial charge in [-0.15, -0.1) is 0 Å². The van der Waals surface area contributed by atoms with Crippen molar-refractivity contribution in [2.45, 2.75) is 16.3 Å². The summed E-state index contributed by atoms with van der Waals surface area (Å²) < 4.78 is 14.3. The van der Waals surface area contributed by atoms with Crippen LogP contribution in [0.1, 0.15) is 5.56 Å². The van der Waals surface area contributed by atoms with Crippen molar-refractivity contribution in [3.05, 3.63) is 58.3 Å². The van der Waals surface area contributed by atoms with Crippen LogP contribution in [0.2, 0.25) is 0 Å². The molecule has 0 amide bonds. The van der Waals surface area contributed by atoms with Crippen molar-refractivity contribution < 1.29 is 4.39 Å². The third-order valence-electron chi connectivity index (χ3n) is 2.23. The molecule has 0 fully saturated rings. The molecule has 0 bridgehead atoms. The Morgan fingerprint density at radius 1 is 1.18 bits per heavy atom. The topological polar surface area (TPSA) is 26.0 Å². The number of hydrogen-bond acceptors (Lipinski definition) is 2. The summed E-state index contributed by atoms with van der Waals surface area (Å²) in [6.45, 7) is 0.348. The second-order valence-corrected chi connectivity index (χ2v) is 5.50. The van der Waals surface area contributed by atoms with Crippen molar-refractivity contribution >= 4 is 27.7 Å². The van der Waals surface area contributed by atoms with Gasteiger partial charge in [0, 0.05) is 20.8 Å². The fourth-order valence-corrected chi connectivity index (χ4v) is 2.93. The third-order valence-corrected chi connectivity index (χ3v) is 4.23. The van der Waals surface area contributed by atoms with Crippen molar-refractivity contribution in [2.24, 2.45) is 5.73 Å². The van der Waals surface area contributed by atoms with Crippen LogP contribution in [-0.4, -0.2) is 0 Å². The molecule has 2 aromatic carbocycles. The molecule has 0 saturated carbocycles. The Morgan fingerprint density at radius 3 is 2.65 bits per heavy atom. The molecule has 0 radical (unpaired) electrons. The Morgan fingerprint density at radius 2 is 1.94 bits per heavy atom. The van der Waals surface area contributed by atoms with E-state index in [-0.39, 0.29) is 5.82 Å². The van der Waals surface area contributed by atoms with Gasteiger partial charge in [-0.2, -0.15) is 0 Å². The van der Waals surface area contributed by atoms with Crippen LogP contribution >= 0.6 is 27.7 Å². The summed E-state index contributed by atoms with van der Waals surface area (Å²) in [6, 6.07) is 12.7. The highest BCUT2D eigenvalue weighted by Gasteiger charge is 2.04. The zero-order valence-corrected chi connectivity index (χ0v) is 11.4. The van der Waals surface area contributed by atoms with Gasteiger partial charge in [-0.3, -0.25) is 0 Å². The minimum Gasteiger partial charge on any atom is -0.326 e. The van der Waals surface area contributed by atoms with Crippen LogP contribution in [0.25, 0.3) is 0 Å². The van der Waals surface area contributed by atoms with E-state index in [1.807, 2.05) is 30.3 Å². The van der Waals surface area contributed by atoms with E-state index in [1.165, 1.54) is 23.9 Å². The maximum atomic E-state index is 13.3. The van der Waals surface area contributed by atoms with E-state index in [0.717, 1.165) is 19.8 Å². The van der Waals surface area contributed by atoms with Gasteiger partial charge >= 0.3 is 0 Å². The van der Waals surface area contributed by atoms with Crippen molar-refractivity contribution in [2.75, 3.05) is 0 Å². The summed E-state index contributed by atoms with van der Waals surface area (Å²) in [7, 11) is 0. The quantitative estimate of drug-likeness (QED) is 0.919. The molecule has 88 valence electrons. The summed E-state index contributed by atoms with van der Waals surface area (Å²) in [5, 5.41) is 0. The van der Waals surface area contributed by atoms with E-state index >= 15 is 0 Å². The van der Waals surface area contributed by atoms with Crippen LogP contribution in [0.4, 0.5) is 4.39 Å². The second kappa shape index (κ2) is 5.67. The van der Waals surface area contributed by atoms with Crippen molar-refractivity contribution in [1.82, 2.24) is 0 Å². The summed E-state index contributed by atoms with van der Waals surface area (Å²) >= 11 is 4.98. The van der Waals surface area contributed by atoms with Gasteiger partial charge < -0.3 is 5.73 Å². The number of rotatable bonds is 3. The first-order valence-corrected chi connectivity index (χ1v) is 6.72. The number of benzene rings is 2. The Hall–Kier alpha value is -0.840. The first-order chi connectivity index (χ1) is 8.19. The number of nitrogens with two attached hydrogens (primary N) is 1. The minimum atomic E-state index is -0.248. The fourth-order valence-electron chi connectivity index (χ4n) is 1.45. The molecule has 0 atom stereocenters. The van der Waals surface area contributed by atoms with Crippen LogP contribution in [0.5, 0.6) is 0 Å². The fraction of sp³-hybridized carbons (Fsp3) is 0.0769. The van der Waals surface area contributed by atoms with Gasteiger partial charge in [-0.25, -0.2) is 4.39 Å². The van der Waals surface area contributed by atoms with E-state index in [2.05, 4.69) is 15.9 Å². The molecule has 0 saturated heterocycles. The summed E-state index contributed by atoms with van der Waals surface area (Å²) in [5.41, 5.74) is 6.33. The van der Waals surface area contributed by atoms with Gasteiger partial charge in [0.1, 0.15) is 5.82 Å². The van der Waals surface area contributed by atoms with E-state index in [1.54, 1.807) is 0 Å². The van der Waals surface area contributed by atoms with Gasteiger partial charge in [0.2, 0.25) is 0 Å². The highest BCUT2D eigenvalue weighted by Crippen LogP contribution is 2.33. The molecule has 0 heterocycles. The zero-order valence-electron chi connectivity index (χ0n) is 8.99. The van der Waals surface area contributed by atoms with E-state index in [9.17, 15) is 4.39 Å². The average molecular weight is 312 g/mol. The molecule has 0 aliphatic heterocycles. The van der Waals surface area contributed by atoms with Crippen LogP contribution in [0.15, 0.2) is 56.7 Å². The summed E-state index contributed by atoms with van der Waals surface area (Å²) in [6.07, 6.45) is 0. The monoisotopic (exact) mass is 311 g/mol. The molecule has 1 nitrogen and oxygen atoms in total. The lowest BCUT2D eigenvalue weighted by molar-refractivity contribution is 0.621. The normalized spacial score (nSPS) is 10.5. The molecule has 17 heavy (non-hydrogen) atoms. The van der Waals surface area contributed by atoms with E-state index < -0.39 is 0 Å². The predicted octanol–water partition coefficient (Wildman–Crippen LogP) is 4.20. The van der Waals surface area contributed by atoms with Crippen LogP contribution in [0, 0.1) is 5.82 Å². The third kappa shape index (κ3) is 3.31. The van der Waals surface area contributed by atoms with Crippen molar-refractivity contribution in [3.63, 3.8) is 0 Å². The van der Waals surface area contributed by atoms with Gasteiger partial charge in [0.25, 0.3) is 0 Å². The lowest BCUT2D eigenvalue weighted by Gasteiger charge is -2.06. The molecule has 0 unspecified atom stereocenters. The van der Waals surface area contributed by atoms with E-state index in [4.69, 9.17) is 5.73 Å². The van der Waals surface area contributed by atoms with Crippen LogP contribution in [0.3, 0.4) is 0 Å². The first-order valence-electron chi connectivity index (χ1n) is 5.11. The van der Waals surface area contributed by atoms with Gasteiger partial charge in [-0.1, -0.05) is 23.9 Å². The maximum Gasteiger partial charge on any atom is 0.124 e. The molecule has 4 heteroatoms. The van der Waals surface area contributed by atoms with Crippen molar-refractivity contribution in [1.29, 1.82) is 0 Å². The predicted molar refractivity (Wildman–Crippen MR) is 72.6 cm³/mol. The van der Waals surface area contributed by atoms with Gasteiger partial charge in [0.05, 0.1) is 0 Å². The molecule has 0 spiro atoms. The molecule has 0 aromatic heterocycles. The number of halogens is 2. The van der Waals surface area contributed by atoms with Crippen molar-refractivity contribution in [3.8, 4) is 0 Å². The smallest absolute Gasteiger partial charge is 0.124 e. The zero-order chi connectivity index (χ0) is 12.3. The maximum absolute atomic E-state index is 13.3. The summed E-state index contributed by atoms with van der Waals surface area (Å²) in [5.74, 6) is -0.248. The van der Waals surface area contributed by atoms with Gasteiger partial charge in [-0.05, 0) is 51.8 Å². The lowest BCUT2D eigenvalue weighted by atomic mass is 10.2. The Labute approximate surface area is 112 Å². The molecule has 2 rings (SSSR count). The lowest BCUT2D eigenvalue weighted by Crippen LogP contribution is -1.97. The molecule has 2 N–H and O–H groups in total. The van der Waals surface area contributed by atoms with Crippen LogP contribution < -0.4 is 5.73 Å². The first kappa shape index (κ1) is 12.6. The van der Waals surface area contributed by atoms with Crippen LogP contribution in [-0.2, 0) is 6.54 Å². The highest BCUT2D eigenvalue weighted by atomic mass is 79.9. The number of hydrogen-bond donors (Lipinski definition) is 1. The molecular weight excluding hydrogens is 301 g/mol. The highest BCUT2D eigenvalue weighted by molar-refractivity contribution is 9.10. The second-order valence-electron chi connectivity index (χ2n) is 3.53. The SMILES string of the molecule is NCc1cc(F)cc(Sc2ccccc2Br)c1. The van der Waals surface area contributed by atoms with Gasteiger partial charge in [0.15, 0.2) is 0 Å².